The molecular formula is C14H12FN3O2S. The number of halogens is 1. The van der Waals surface area contributed by atoms with E-state index >= 15 is 0 Å². The zero-order valence-corrected chi connectivity index (χ0v) is 11.9. The Bertz CT molecular complexity index is 902. The van der Waals surface area contributed by atoms with Gasteiger partial charge in [-0.25, -0.2) is 17.8 Å². The summed E-state index contributed by atoms with van der Waals surface area (Å²) in [6.07, 6.45) is 1.66. The van der Waals surface area contributed by atoms with Crippen molar-refractivity contribution in [3.63, 3.8) is 0 Å². The third kappa shape index (κ3) is 2.59. The van der Waals surface area contributed by atoms with E-state index in [1.165, 1.54) is 12.1 Å². The lowest BCUT2D eigenvalue weighted by atomic mass is 10.3. The van der Waals surface area contributed by atoms with Crippen LogP contribution in [0.15, 0.2) is 53.7 Å². The Kier molecular flexibility index (Phi) is 3.13. The molecule has 0 saturated heterocycles. The standard InChI is InChI=1S/C14H12FN3O2S/c1-18-9-16-13-8-11(4-7-14(13)18)17-21(19,20)12-5-2-10(15)3-6-12/h2-9,17H,1H3. The highest BCUT2D eigenvalue weighted by Gasteiger charge is 2.14. The summed E-state index contributed by atoms with van der Waals surface area (Å²) in [6.45, 7) is 0. The zero-order chi connectivity index (χ0) is 15.0. The first-order valence-corrected chi connectivity index (χ1v) is 7.63. The van der Waals surface area contributed by atoms with Crippen LogP contribution < -0.4 is 4.72 Å². The van der Waals surface area contributed by atoms with Crippen LogP contribution in [-0.2, 0) is 17.1 Å². The number of nitrogens with zero attached hydrogens (tertiary/aromatic N) is 2. The average Bonchev–Trinajstić information content (AvgIpc) is 2.80. The molecule has 0 amide bonds. The normalized spacial score (nSPS) is 11.7. The fourth-order valence-electron chi connectivity index (χ4n) is 2.03. The summed E-state index contributed by atoms with van der Waals surface area (Å²) >= 11 is 0. The number of rotatable bonds is 3. The molecule has 1 aromatic heterocycles. The summed E-state index contributed by atoms with van der Waals surface area (Å²) in [4.78, 5) is 4.18. The molecule has 3 rings (SSSR count). The van der Waals surface area contributed by atoms with Crippen molar-refractivity contribution in [2.75, 3.05) is 4.72 Å². The summed E-state index contributed by atoms with van der Waals surface area (Å²) in [5.41, 5.74) is 2.00. The van der Waals surface area contributed by atoms with Gasteiger partial charge in [0.2, 0.25) is 0 Å². The number of aromatic nitrogens is 2. The van der Waals surface area contributed by atoms with Gasteiger partial charge in [-0.3, -0.25) is 4.72 Å². The van der Waals surface area contributed by atoms with Gasteiger partial charge < -0.3 is 4.57 Å². The molecule has 0 unspecified atom stereocenters. The third-order valence-corrected chi connectivity index (χ3v) is 4.50. The molecule has 7 heteroatoms. The number of hydrogen-bond acceptors (Lipinski definition) is 3. The second-order valence-corrected chi connectivity index (χ2v) is 6.30. The van der Waals surface area contributed by atoms with Crippen LogP contribution in [0.5, 0.6) is 0 Å². The van der Waals surface area contributed by atoms with Crippen molar-refractivity contribution < 1.29 is 12.8 Å². The van der Waals surface area contributed by atoms with E-state index in [1.54, 1.807) is 24.5 Å². The second-order valence-electron chi connectivity index (χ2n) is 4.62. The molecule has 0 aliphatic heterocycles. The first-order chi connectivity index (χ1) is 9.95. The molecular weight excluding hydrogens is 293 g/mol. The van der Waals surface area contributed by atoms with Crippen LogP contribution in [0.2, 0.25) is 0 Å². The van der Waals surface area contributed by atoms with Gasteiger partial charge in [0.1, 0.15) is 5.82 Å². The second kappa shape index (κ2) is 4.85. The van der Waals surface area contributed by atoms with Crippen molar-refractivity contribution in [3.8, 4) is 0 Å². The van der Waals surface area contributed by atoms with Crippen molar-refractivity contribution in [2.24, 2.45) is 7.05 Å². The molecule has 1 heterocycles. The number of anilines is 1. The Balaban J connectivity index is 1.95. The molecule has 0 fully saturated rings. The van der Waals surface area contributed by atoms with Crippen LogP contribution in [0.1, 0.15) is 0 Å². The predicted molar refractivity (Wildman–Crippen MR) is 77.9 cm³/mol. The van der Waals surface area contributed by atoms with E-state index < -0.39 is 15.8 Å². The summed E-state index contributed by atoms with van der Waals surface area (Å²) in [5, 5.41) is 0. The fraction of sp³-hybridized carbons (Fsp3) is 0.0714. The van der Waals surface area contributed by atoms with Crippen LogP contribution >= 0.6 is 0 Å². The minimum absolute atomic E-state index is 0.00465. The smallest absolute Gasteiger partial charge is 0.261 e. The van der Waals surface area contributed by atoms with Crippen LogP contribution in [0, 0.1) is 5.82 Å². The summed E-state index contributed by atoms with van der Waals surface area (Å²) < 4.78 is 41.5. The van der Waals surface area contributed by atoms with Crippen molar-refractivity contribution >= 4 is 26.7 Å². The van der Waals surface area contributed by atoms with Gasteiger partial charge in [0.25, 0.3) is 10.0 Å². The quantitative estimate of drug-likeness (QED) is 0.808. The number of imidazole rings is 1. The van der Waals surface area contributed by atoms with Crippen molar-refractivity contribution in [1.82, 2.24) is 9.55 Å². The maximum Gasteiger partial charge on any atom is 0.261 e. The Morgan fingerprint density at radius 2 is 1.86 bits per heavy atom. The van der Waals surface area contributed by atoms with Gasteiger partial charge in [0.05, 0.1) is 27.9 Å². The Morgan fingerprint density at radius 1 is 1.14 bits per heavy atom. The lowest BCUT2D eigenvalue weighted by Crippen LogP contribution is -2.12. The molecule has 0 aliphatic rings. The maximum atomic E-state index is 12.9. The molecule has 3 aromatic rings. The molecule has 0 aliphatic carbocycles. The summed E-state index contributed by atoms with van der Waals surface area (Å²) in [7, 11) is -1.88. The van der Waals surface area contributed by atoms with E-state index in [2.05, 4.69) is 9.71 Å². The van der Waals surface area contributed by atoms with Gasteiger partial charge in [0, 0.05) is 7.05 Å². The van der Waals surface area contributed by atoms with E-state index in [-0.39, 0.29) is 4.90 Å². The van der Waals surface area contributed by atoms with E-state index in [0.717, 1.165) is 17.6 Å². The number of aryl methyl sites for hydroxylation is 1. The number of fused-ring (bicyclic) bond motifs is 1. The molecule has 21 heavy (non-hydrogen) atoms. The van der Waals surface area contributed by atoms with Gasteiger partial charge >= 0.3 is 0 Å². The minimum Gasteiger partial charge on any atom is -0.334 e. The zero-order valence-electron chi connectivity index (χ0n) is 11.1. The highest BCUT2D eigenvalue weighted by Crippen LogP contribution is 2.20. The molecule has 108 valence electrons. The lowest BCUT2D eigenvalue weighted by Gasteiger charge is -2.08. The van der Waals surface area contributed by atoms with Crippen molar-refractivity contribution in [2.45, 2.75) is 4.90 Å². The molecule has 0 atom stereocenters. The average molecular weight is 305 g/mol. The van der Waals surface area contributed by atoms with E-state index in [4.69, 9.17) is 0 Å². The maximum absolute atomic E-state index is 12.9. The lowest BCUT2D eigenvalue weighted by molar-refractivity contribution is 0.599. The van der Waals surface area contributed by atoms with Gasteiger partial charge in [0.15, 0.2) is 0 Å². The number of benzene rings is 2. The third-order valence-electron chi connectivity index (χ3n) is 3.10. The minimum atomic E-state index is -3.74. The Labute approximate surface area is 121 Å². The number of sulfonamides is 1. The number of hydrogen-bond donors (Lipinski definition) is 1. The fourth-order valence-corrected chi connectivity index (χ4v) is 3.08. The molecule has 5 nitrogen and oxygen atoms in total. The van der Waals surface area contributed by atoms with Gasteiger partial charge in [-0.1, -0.05) is 0 Å². The van der Waals surface area contributed by atoms with Crippen molar-refractivity contribution in [1.29, 1.82) is 0 Å². The largest absolute Gasteiger partial charge is 0.334 e. The summed E-state index contributed by atoms with van der Waals surface area (Å²) in [5.74, 6) is -0.483. The monoisotopic (exact) mass is 305 g/mol. The molecule has 0 radical (unpaired) electrons. The van der Waals surface area contributed by atoms with Crippen LogP contribution in [0.3, 0.4) is 0 Å². The van der Waals surface area contributed by atoms with Crippen molar-refractivity contribution in [3.05, 3.63) is 54.6 Å². The highest BCUT2D eigenvalue weighted by molar-refractivity contribution is 7.92. The van der Waals surface area contributed by atoms with Gasteiger partial charge in [-0.2, -0.15) is 0 Å². The van der Waals surface area contributed by atoms with Gasteiger partial charge in [-0.15, -0.1) is 0 Å². The Morgan fingerprint density at radius 3 is 2.57 bits per heavy atom. The SMILES string of the molecule is Cn1cnc2cc(NS(=O)(=O)c3ccc(F)cc3)ccc21. The molecule has 0 saturated carbocycles. The molecule has 0 bridgehead atoms. The molecule has 1 N–H and O–H groups in total. The topological polar surface area (TPSA) is 64.0 Å². The first kappa shape index (κ1) is 13.6. The van der Waals surface area contributed by atoms with Crippen LogP contribution in [0.25, 0.3) is 11.0 Å². The van der Waals surface area contributed by atoms with Gasteiger partial charge in [-0.05, 0) is 42.5 Å². The van der Waals surface area contributed by atoms with E-state index in [1.807, 2.05) is 11.6 Å². The Hall–Kier alpha value is -2.41. The highest BCUT2D eigenvalue weighted by atomic mass is 32.2. The van der Waals surface area contributed by atoms with Crippen LogP contribution in [-0.4, -0.2) is 18.0 Å². The molecule has 2 aromatic carbocycles. The first-order valence-electron chi connectivity index (χ1n) is 6.15. The summed E-state index contributed by atoms with van der Waals surface area (Å²) in [6, 6.07) is 9.74. The van der Waals surface area contributed by atoms with Crippen LogP contribution in [0.4, 0.5) is 10.1 Å². The van der Waals surface area contributed by atoms with E-state index in [0.29, 0.717) is 11.2 Å². The predicted octanol–water partition coefficient (Wildman–Crippen LogP) is 2.51. The van der Waals surface area contributed by atoms with E-state index in [9.17, 15) is 12.8 Å². The molecule has 0 spiro atoms. The number of nitrogens with one attached hydrogen (secondary N) is 1.